The van der Waals surface area contributed by atoms with Crippen molar-refractivity contribution >= 4 is 170 Å². The maximum absolute atomic E-state index is 5.33. The third-order valence-electron chi connectivity index (χ3n) is 24.9. The number of fused-ring (bicyclic) bond motifs is 22. The number of benzene rings is 18. The summed E-state index contributed by atoms with van der Waals surface area (Å²) >= 11 is 5.51. The van der Waals surface area contributed by atoms with Gasteiger partial charge in [0.25, 0.3) is 0 Å². The second-order valence-electron chi connectivity index (χ2n) is 32.9. The van der Waals surface area contributed by atoms with E-state index >= 15 is 0 Å². The fourth-order valence-electron chi connectivity index (χ4n) is 18.7. The number of pyridine rings is 3. The molecule has 133 heavy (non-hydrogen) atoms. The molecule has 27 rings (SSSR count). The summed E-state index contributed by atoms with van der Waals surface area (Å²) in [5.41, 5.74) is 17.2. The van der Waals surface area contributed by atoms with Crippen LogP contribution >= 0.6 is 34.0 Å². The van der Waals surface area contributed by atoms with Crippen LogP contribution in [0.25, 0.3) is 261 Å². The molecule has 14 heteroatoms. The molecule has 0 N–H and O–H groups in total. The topological polar surface area (TPSA) is 142 Å². The van der Waals surface area contributed by atoms with Crippen molar-refractivity contribution in [3.63, 3.8) is 0 Å². The van der Waals surface area contributed by atoms with Crippen molar-refractivity contribution in [2.75, 3.05) is 0 Å². The quantitative estimate of drug-likeness (QED) is 0.114. The lowest BCUT2D eigenvalue weighted by Gasteiger charge is -2.13. The maximum Gasteiger partial charge on any atom is 0.164 e. The summed E-state index contributed by atoms with van der Waals surface area (Å²) in [6.07, 6.45) is 0. The highest BCUT2D eigenvalue weighted by Crippen LogP contribution is 2.48. The molecule has 0 bridgehead atoms. The van der Waals surface area contributed by atoms with E-state index in [-0.39, 0.29) is 0 Å². The van der Waals surface area contributed by atoms with E-state index in [0.717, 1.165) is 122 Å². The predicted octanol–water partition coefficient (Wildman–Crippen LogP) is 31.9. The fraction of sp³-hybridized carbons (Fsp3) is 0. The maximum atomic E-state index is 5.33. The molecular weight excluding hydrogens is 1680 g/mol. The summed E-state index contributed by atoms with van der Waals surface area (Å²) in [6, 6.07) is 149. The second kappa shape index (κ2) is 33.2. The van der Waals surface area contributed by atoms with Crippen molar-refractivity contribution in [3.8, 4) is 125 Å². The molecule has 9 heterocycles. The molecule has 0 saturated carbocycles. The van der Waals surface area contributed by atoms with E-state index in [9.17, 15) is 0 Å². The first-order valence-electron chi connectivity index (χ1n) is 44.2. The van der Waals surface area contributed by atoms with Gasteiger partial charge < -0.3 is 0 Å². The van der Waals surface area contributed by atoms with Gasteiger partial charge in [-0.15, -0.1) is 34.0 Å². The first kappa shape index (κ1) is 78.3. The molecule has 0 aliphatic rings. The first-order valence-corrected chi connectivity index (χ1v) is 46.6. The van der Waals surface area contributed by atoms with Crippen LogP contribution in [0.4, 0.5) is 0 Å². The lowest BCUT2D eigenvalue weighted by Crippen LogP contribution is -2.00. The summed E-state index contributed by atoms with van der Waals surface area (Å²) < 4.78 is 7.73. The van der Waals surface area contributed by atoms with Crippen molar-refractivity contribution in [2.45, 2.75) is 0 Å². The van der Waals surface area contributed by atoms with Gasteiger partial charge in [-0.3, -0.25) is 0 Å². The van der Waals surface area contributed by atoms with Crippen molar-refractivity contribution in [1.82, 2.24) is 54.8 Å². The fourth-order valence-corrected chi connectivity index (χ4v) is 22.0. The monoisotopic (exact) mass is 1750 g/mol. The highest BCUT2D eigenvalue weighted by Gasteiger charge is 2.24. The normalized spacial score (nSPS) is 11.6. The average Bonchev–Trinajstić information content (AvgIpc) is 1.66. The Morgan fingerprint density at radius 3 is 0.850 bits per heavy atom. The standard InChI is InChI=1S/C44H26N4S.C40H24N4S.C35H21N3S/c1-2-11-29(12-3-1)42-46-43(48-44(47-42)32-23-18-27-10-4-5-13-31(27)26-32)30-21-19-28(20-22-30)41-34-15-7-6-14-33(34)39-36(45-41)24-25-38-40(39)35-16-8-9-17-37(35)49-38;1-3-12-25(13-4-1)38-42-39(26-14-5-2-6-15-26)44-40(43-38)28-17-11-16-27(24-28)37-30-19-8-7-18-29(30)35-32(41-37)22-23-34-36(35)31-20-9-10-21-33(31)45-34;1-3-11-22(12-4-1)28-21-29(38-35(37-28)23-13-5-2-6-14-23)34-25-16-8-7-15-24(25)32-27(36-34)19-20-31-33(32)26-17-9-10-18-30(26)39-31/h1-26H;1-24H;1-21H. The number of thiophene rings is 3. The lowest BCUT2D eigenvalue weighted by atomic mass is 9.96. The Kier molecular flexibility index (Phi) is 19.6. The summed E-state index contributed by atoms with van der Waals surface area (Å²) in [7, 11) is 0. The number of hydrogen-bond acceptors (Lipinski definition) is 14. The Balaban J connectivity index is 0.000000108. The molecule has 18 aromatic carbocycles. The van der Waals surface area contributed by atoms with E-state index in [4.69, 9.17) is 54.8 Å². The molecule has 0 fully saturated rings. The van der Waals surface area contributed by atoms with Crippen molar-refractivity contribution in [1.29, 1.82) is 0 Å². The SMILES string of the molecule is c1ccc(-c2cc(-c3nc4ccc5sc6ccccc6c5c4c4ccccc34)nc(-c3ccccc3)n2)cc1.c1ccc(-c2nc(-c3ccc(-c4nc5ccc6sc7ccccc7c6c5c5ccccc45)cc3)nc(-c3ccc4ccccc4c3)n2)cc1.c1ccc(-c2nc(-c3ccccc3)nc(-c3cccc(-c4nc5ccc6sc7ccccc7c6c5c5ccccc45)c3)n2)cc1. The highest BCUT2D eigenvalue weighted by molar-refractivity contribution is 7.27. The molecule has 0 atom stereocenters. The average molecular weight is 1750 g/mol. The number of rotatable bonds is 11. The molecule has 0 spiro atoms. The van der Waals surface area contributed by atoms with Gasteiger partial charge in [0.2, 0.25) is 0 Å². The Hall–Kier alpha value is -17.0. The van der Waals surface area contributed by atoms with Gasteiger partial charge in [-0.25, -0.2) is 54.8 Å². The highest BCUT2D eigenvalue weighted by atomic mass is 32.1. The molecule has 0 saturated heterocycles. The third-order valence-corrected chi connectivity index (χ3v) is 28.3. The van der Waals surface area contributed by atoms with Gasteiger partial charge in [-0.1, -0.05) is 358 Å². The minimum Gasteiger partial charge on any atom is -0.247 e. The van der Waals surface area contributed by atoms with Crippen LogP contribution < -0.4 is 0 Å². The summed E-state index contributed by atoms with van der Waals surface area (Å²) in [5, 5.41) is 20.6. The molecular formula is C119H71N11S3. The zero-order chi connectivity index (χ0) is 87.8. The Morgan fingerprint density at radius 2 is 0.421 bits per heavy atom. The van der Waals surface area contributed by atoms with Gasteiger partial charge >= 0.3 is 0 Å². The third kappa shape index (κ3) is 14.3. The molecule has 27 aromatic rings. The lowest BCUT2D eigenvalue weighted by molar-refractivity contribution is 1.07. The van der Waals surface area contributed by atoms with Crippen molar-refractivity contribution < 1.29 is 0 Å². The van der Waals surface area contributed by atoms with Crippen LogP contribution in [0.1, 0.15) is 0 Å². The van der Waals surface area contributed by atoms with E-state index in [1.807, 2.05) is 161 Å². The van der Waals surface area contributed by atoms with Crippen LogP contribution in [-0.2, 0) is 0 Å². The van der Waals surface area contributed by atoms with Crippen LogP contribution in [0.5, 0.6) is 0 Å². The molecule has 0 aliphatic heterocycles. The van der Waals surface area contributed by atoms with E-state index in [1.165, 1.54) is 98.2 Å². The van der Waals surface area contributed by atoms with Crippen molar-refractivity contribution in [3.05, 3.63) is 431 Å². The van der Waals surface area contributed by atoms with E-state index in [1.54, 1.807) is 0 Å². The van der Waals surface area contributed by atoms with Gasteiger partial charge in [0.05, 0.1) is 45.0 Å². The minimum atomic E-state index is 0.626. The number of hydrogen-bond donors (Lipinski definition) is 0. The first-order chi connectivity index (χ1) is 65.9. The molecule has 620 valence electrons. The van der Waals surface area contributed by atoms with Crippen LogP contribution in [0.2, 0.25) is 0 Å². The molecule has 11 nitrogen and oxygen atoms in total. The Bertz CT molecular complexity index is 9160. The summed E-state index contributed by atoms with van der Waals surface area (Å²) in [4.78, 5) is 55.7. The van der Waals surface area contributed by atoms with E-state index in [0.29, 0.717) is 40.8 Å². The zero-order valence-electron chi connectivity index (χ0n) is 71.1. The van der Waals surface area contributed by atoms with E-state index < -0.39 is 0 Å². The number of aromatic nitrogens is 11. The molecule has 0 aliphatic carbocycles. The van der Waals surface area contributed by atoms with Crippen LogP contribution in [-0.4, -0.2) is 54.8 Å². The Labute approximate surface area is 774 Å². The molecule has 0 amide bonds. The molecule has 9 aromatic heterocycles. The van der Waals surface area contributed by atoms with Crippen LogP contribution in [0, 0.1) is 0 Å². The van der Waals surface area contributed by atoms with Gasteiger partial charge in [-0.2, -0.15) is 0 Å². The summed E-state index contributed by atoms with van der Waals surface area (Å²) in [6.45, 7) is 0. The van der Waals surface area contributed by atoms with Crippen molar-refractivity contribution in [2.24, 2.45) is 0 Å². The van der Waals surface area contributed by atoms with Crippen LogP contribution in [0.15, 0.2) is 431 Å². The van der Waals surface area contributed by atoms with Gasteiger partial charge in [0.15, 0.2) is 40.8 Å². The largest absolute Gasteiger partial charge is 0.247 e. The summed E-state index contributed by atoms with van der Waals surface area (Å²) in [5.74, 6) is 4.53. The zero-order valence-corrected chi connectivity index (χ0v) is 73.6. The minimum absolute atomic E-state index is 0.626. The van der Waals surface area contributed by atoms with Gasteiger partial charge in [0, 0.05) is 148 Å². The van der Waals surface area contributed by atoms with Gasteiger partial charge in [0.1, 0.15) is 0 Å². The predicted molar refractivity (Wildman–Crippen MR) is 556 cm³/mol. The van der Waals surface area contributed by atoms with Gasteiger partial charge in [-0.05, 0) is 99.7 Å². The number of nitrogens with zero attached hydrogens (tertiary/aromatic N) is 11. The molecule has 0 unspecified atom stereocenters. The van der Waals surface area contributed by atoms with Crippen LogP contribution in [0.3, 0.4) is 0 Å². The smallest absolute Gasteiger partial charge is 0.164 e. The second-order valence-corrected chi connectivity index (χ2v) is 36.2. The Morgan fingerprint density at radius 1 is 0.135 bits per heavy atom. The van der Waals surface area contributed by atoms with E-state index in [2.05, 4.69) is 303 Å². The molecule has 0 radical (unpaired) electrons.